The van der Waals surface area contributed by atoms with Gasteiger partial charge in [0.1, 0.15) is 0 Å². The van der Waals surface area contributed by atoms with Gasteiger partial charge in [-0.05, 0) is 24.6 Å². The summed E-state index contributed by atoms with van der Waals surface area (Å²) in [7, 11) is 0. The molecule has 1 aromatic heterocycles. The number of hydrogen-bond acceptors (Lipinski definition) is 3. The number of ether oxygens (including phenoxy) is 1. The maximum absolute atomic E-state index is 5.78. The zero-order valence-corrected chi connectivity index (χ0v) is 12.8. The highest BCUT2D eigenvalue weighted by Gasteiger charge is 2.17. The van der Waals surface area contributed by atoms with Crippen molar-refractivity contribution >= 4 is 0 Å². The van der Waals surface area contributed by atoms with Crippen LogP contribution in [0.2, 0.25) is 0 Å². The Labute approximate surface area is 117 Å². The second-order valence-corrected chi connectivity index (χ2v) is 6.31. The van der Waals surface area contributed by atoms with E-state index < -0.39 is 0 Å². The molecule has 108 valence electrons. The highest BCUT2D eigenvalue weighted by molar-refractivity contribution is 5.03. The average molecular weight is 264 g/mol. The van der Waals surface area contributed by atoms with Crippen LogP contribution >= 0.6 is 0 Å². The number of pyridine rings is 1. The van der Waals surface area contributed by atoms with Crippen molar-refractivity contribution in [1.29, 1.82) is 0 Å². The summed E-state index contributed by atoms with van der Waals surface area (Å²) in [6, 6.07) is 5.99. The van der Waals surface area contributed by atoms with Crippen molar-refractivity contribution in [2.24, 2.45) is 11.3 Å². The van der Waals surface area contributed by atoms with Crippen LogP contribution in [-0.4, -0.2) is 31.3 Å². The highest BCUT2D eigenvalue weighted by Crippen LogP contribution is 2.14. The van der Waals surface area contributed by atoms with E-state index in [9.17, 15) is 0 Å². The lowest BCUT2D eigenvalue weighted by molar-refractivity contribution is 0.0633. The Morgan fingerprint density at radius 2 is 2.11 bits per heavy atom. The first-order chi connectivity index (χ1) is 8.99. The summed E-state index contributed by atoms with van der Waals surface area (Å²) in [6.07, 6.45) is 2.71. The molecule has 3 nitrogen and oxygen atoms in total. The second kappa shape index (κ2) is 8.28. The number of nitrogens with one attached hydrogen (secondary N) is 1. The lowest BCUT2D eigenvalue weighted by Crippen LogP contribution is -2.35. The van der Waals surface area contributed by atoms with Gasteiger partial charge in [0.2, 0.25) is 0 Å². The van der Waals surface area contributed by atoms with Crippen LogP contribution in [-0.2, 0) is 11.2 Å². The molecule has 1 rings (SSSR count). The largest absolute Gasteiger partial charge is 0.380 e. The van der Waals surface area contributed by atoms with Crippen molar-refractivity contribution in [3.8, 4) is 0 Å². The Hall–Kier alpha value is -0.930. The van der Waals surface area contributed by atoms with Gasteiger partial charge in [-0.2, -0.15) is 0 Å². The molecule has 0 aliphatic rings. The first-order valence-electron chi connectivity index (χ1n) is 7.18. The summed E-state index contributed by atoms with van der Waals surface area (Å²) >= 11 is 0. The summed E-state index contributed by atoms with van der Waals surface area (Å²) < 4.78 is 5.78. The fourth-order valence-corrected chi connectivity index (χ4v) is 1.82. The van der Waals surface area contributed by atoms with Crippen molar-refractivity contribution in [3.63, 3.8) is 0 Å². The Morgan fingerprint density at radius 1 is 1.32 bits per heavy atom. The number of aromatic nitrogens is 1. The monoisotopic (exact) mass is 264 g/mol. The van der Waals surface area contributed by atoms with E-state index in [0.29, 0.717) is 5.92 Å². The van der Waals surface area contributed by atoms with Gasteiger partial charge in [0.15, 0.2) is 0 Å². The molecule has 0 fully saturated rings. The van der Waals surface area contributed by atoms with Crippen LogP contribution in [0.4, 0.5) is 0 Å². The van der Waals surface area contributed by atoms with E-state index in [1.807, 2.05) is 24.4 Å². The lowest BCUT2D eigenvalue weighted by Gasteiger charge is -2.25. The minimum Gasteiger partial charge on any atom is -0.380 e. The van der Waals surface area contributed by atoms with E-state index in [1.165, 1.54) is 0 Å². The fourth-order valence-electron chi connectivity index (χ4n) is 1.82. The van der Waals surface area contributed by atoms with Gasteiger partial charge in [0, 0.05) is 30.3 Å². The molecule has 0 aliphatic heterocycles. The van der Waals surface area contributed by atoms with Crippen LogP contribution in [0.3, 0.4) is 0 Å². The van der Waals surface area contributed by atoms with E-state index in [1.54, 1.807) is 0 Å². The lowest BCUT2D eigenvalue weighted by atomic mass is 9.94. The number of rotatable bonds is 9. The third-order valence-electron chi connectivity index (χ3n) is 2.88. The zero-order chi connectivity index (χ0) is 14.1. The third-order valence-corrected chi connectivity index (χ3v) is 2.88. The minimum absolute atomic E-state index is 0.180. The molecule has 0 bridgehead atoms. The molecule has 1 aromatic rings. The topological polar surface area (TPSA) is 34.1 Å². The molecule has 3 heteroatoms. The third kappa shape index (κ3) is 7.96. The Kier molecular flexibility index (Phi) is 7.03. The summed E-state index contributed by atoms with van der Waals surface area (Å²) in [4.78, 5) is 4.29. The van der Waals surface area contributed by atoms with Gasteiger partial charge in [0.05, 0.1) is 13.2 Å². The van der Waals surface area contributed by atoms with Crippen LogP contribution in [0.15, 0.2) is 24.4 Å². The molecule has 0 saturated heterocycles. The molecule has 0 aliphatic carbocycles. The number of hydrogen-bond donors (Lipinski definition) is 1. The van der Waals surface area contributed by atoms with Gasteiger partial charge >= 0.3 is 0 Å². The first kappa shape index (κ1) is 16.1. The van der Waals surface area contributed by atoms with Crippen LogP contribution in [0.5, 0.6) is 0 Å². The normalized spacial score (nSPS) is 12.1. The van der Waals surface area contributed by atoms with Crippen molar-refractivity contribution in [3.05, 3.63) is 30.1 Å². The zero-order valence-electron chi connectivity index (χ0n) is 12.8. The average Bonchev–Trinajstić information content (AvgIpc) is 2.35. The standard InChI is InChI=1S/C16H28N2O/c1-14(2)11-17-12-16(3,4)13-19-10-8-15-7-5-6-9-18-15/h5-7,9,14,17H,8,10-13H2,1-4H3. The van der Waals surface area contributed by atoms with Crippen molar-refractivity contribution in [2.45, 2.75) is 34.1 Å². The molecule has 1 N–H and O–H groups in total. The molecule has 0 amide bonds. The van der Waals surface area contributed by atoms with Crippen LogP contribution in [0, 0.1) is 11.3 Å². The van der Waals surface area contributed by atoms with Crippen molar-refractivity contribution in [1.82, 2.24) is 10.3 Å². The molecule has 0 unspecified atom stereocenters. The quantitative estimate of drug-likeness (QED) is 0.696. The summed E-state index contributed by atoms with van der Waals surface area (Å²) in [5, 5.41) is 3.49. The molecule has 0 aromatic carbocycles. The Bertz CT molecular complexity index is 336. The minimum atomic E-state index is 0.180. The van der Waals surface area contributed by atoms with Gasteiger partial charge in [-0.25, -0.2) is 0 Å². The first-order valence-corrected chi connectivity index (χ1v) is 7.18. The molecule has 0 saturated carbocycles. The predicted octanol–water partition coefficient (Wildman–Crippen LogP) is 2.91. The van der Waals surface area contributed by atoms with E-state index in [-0.39, 0.29) is 5.41 Å². The van der Waals surface area contributed by atoms with E-state index in [0.717, 1.165) is 38.4 Å². The Morgan fingerprint density at radius 3 is 2.74 bits per heavy atom. The SMILES string of the molecule is CC(C)CNCC(C)(C)COCCc1ccccn1. The van der Waals surface area contributed by atoms with E-state index in [2.05, 4.69) is 38.0 Å². The van der Waals surface area contributed by atoms with Gasteiger partial charge < -0.3 is 10.1 Å². The molecule has 0 atom stereocenters. The van der Waals surface area contributed by atoms with E-state index in [4.69, 9.17) is 4.74 Å². The van der Waals surface area contributed by atoms with Gasteiger partial charge in [-0.3, -0.25) is 4.98 Å². The smallest absolute Gasteiger partial charge is 0.0529 e. The molecule has 0 radical (unpaired) electrons. The maximum Gasteiger partial charge on any atom is 0.0529 e. The van der Waals surface area contributed by atoms with E-state index >= 15 is 0 Å². The summed E-state index contributed by atoms with van der Waals surface area (Å²) in [5.41, 5.74) is 1.28. The van der Waals surface area contributed by atoms with Crippen LogP contribution < -0.4 is 5.32 Å². The van der Waals surface area contributed by atoms with Gasteiger partial charge in [-0.1, -0.05) is 33.8 Å². The summed E-state index contributed by atoms with van der Waals surface area (Å²) in [5.74, 6) is 0.695. The highest BCUT2D eigenvalue weighted by atomic mass is 16.5. The predicted molar refractivity (Wildman–Crippen MR) is 80.2 cm³/mol. The van der Waals surface area contributed by atoms with Crippen LogP contribution in [0.1, 0.15) is 33.4 Å². The molecule has 1 heterocycles. The van der Waals surface area contributed by atoms with Crippen LogP contribution in [0.25, 0.3) is 0 Å². The Balaban J connectivity index is 2.13. The molecular weight excluding hydrogens is 236 g/mol. The van der Waals surface area contributed by atoms with Gasteiger partial charge in [-0.15, -0.1) is 0 Å². The molecule has 0 spiro atoms. The number of nitrogens with zero attached hydrogens (tertiary/aromatic N) is 1. The fraction of sp³-hybridized carbons (Fsp3) is 0.688. The maximum atomic E-state index is 5.78. The second-order valence-electron chi connectivity index (χ2n) is 6.31. The summed E-state index contributed by atoms with van der Waals surface area (Å²) in [6.45, 7) is 12.5. The molecular formula is C16H28N2O. The molecule has 19 heavy (non-hydrogen) atoms. The van der Waals surface area contributed by atoms with Crippen molar-refractivity contribution in [2.75, 3.05) is 26.3 Å². The van der Waals surface area contributed by atoms with Crippen molar-refractivity contribution < 1.29 is 4.74 Å². The van der Waals surface area contributed by atoms with Gasteiger partial charge in [0.25, 0.3) is 0 Å².